The molecule has 0 aliphatic carbocycles. The van der Waals surface area contributed by atoms with Crippen LogP contribution in [0, 0.1) is 0 Å². The molecule has 7 heteroatoms. The summed E-state index contributed by atoms with van der Waals surface area (Å²) in [6.45, 7) is 0.274. The van der Waals surface area contributed by atoms with Gasteiger partial charge in [-0.3, -0.25) is 0 Å². The molecule has 2 aromatic heterocycles. The van der Waals surface area contributed by atoms with Crippen LogP contribution in [0.3, 0.4) is 0 Å². The minimum absolute atomic E-state index is 0.0313. The van der Waals surface area contributed by atoms with E-state index in [-0.39, 0.29) is 12.3 Å². The van der Waals surface area contributed by atoms with E-state index in [0.717, 1.165) is 27.5 Å². The molecule has 0 unspecified atom stereocenters. The number of hydrogen-bond acceptors (Lipinski definition) is 5. The second-order valence-electron chi connectivity index (χ2n) is 7.05. The Balaban J connectivity index is 1.68. The van der Waals surface area contributed by atoms with E-state index >= 15 is 0 Å². The molecule has 2 heterocycles. The highest BCUT2D eigenvalue weighted by Gasteiger charge is 2.19. The summed E-state index contributed by atoms with van der Waals surface area (Å²) in [6, 6.07) is 21.9. The third-order valence-corrected chi connectivity index (χ3v) is 6.95. The molecule has 0 aliphatic heterocycles. The van der Waals surface area contributed by atoms with Crippen LogP contribution < -0.4 is 4.74 Å². The van der Waals surface area contributed by atoms with Gasteiger partial charge in [0, 0.05) is 11.9 Å². The van der Waals surface area contributed by atoms with Gasteiger partial charge in [0.15, 0.2) is 15.5 Å². The van der Waals surface area contributed by atoms with E-state index in [2.05, 4.69) is 0 Å². The highest BCUT2D eigenvalue weighted by Crippen LogP contribution is 2.31. The van der Waals surface area contributed by atoms with E-state index < -0.39 is 9.84 Å². The maximum absolute atomic E-state index is 12.8. The molecule has 0 spiro atoms. The smallest absolute Gasteiger partial charge is 0.180 e. The summed E-state index contributed by atoms with van der Waals surface area (Å²) in [5.41, 5.74) is 3.85. The Morgan fingerprint density at radius 3 is 2.33 bits per heavy atom. The summed E-state index contributed by atoms with van der Waals surface area (Å²) in [4.78, 5) is 9.95. The number of ether oxygens (including phenoxy) is 1. The third kappa shape index (κ3) is 3.07. The molecule has 150 valence electrons. The first-order valence-corrected chi connectivity index (χ1v) is 11.2. The van der Waals surface area contributed by atoms with Crippen molar-refractivity contribution in [2.24, 2.45) is 0 Å². The fraction of sp³-hybridized carbons (Fsp3) is 0.130. The van der Waals surface area contributed by atoms with Gasteiger partial charge in [-0.15, -0.1) is 0 Å². The molecule has 0 N–H and O–H groups in total. The van der Waals surface area contributed by atoms with Crippen LogP contribution in [0.1, 0.15) is 0 Å². The maximum atomic E-state index is 12.8. The van der Waals surface area contributed by atoms with Gasteiger partial charge in [0.25, 0.3) is 0 Å². The van der Waals surface area contributed by atoms with Gasteiger partial charge in [-0.1, -0.05) is 30.3 Å². The van der Waals surface area contributed by atoms with E-state index in [1.165, 1.54) is 0 Å². The van der Waals surface area contributed by atoms with Crippen molar-refractivity contribution in [2.45, 2.75) is 11.4 Å². The van der Waals surface area contributed by atoms with Crippen molar-refractivity contribution in [1.29, 1.82) is 0 Å². The summed E-state index contributed by atoms with van der Waals surface area (Å²) >= 11 is 0. The number of aromatic nitrogens is 3. The number of fused-ring (bicyclic) bond motifs is 4. The zero-order valence-corrected chi connectivity index (χ0v) is 17.1. The van der Waals surface area contributed by atoms with E-state index in [9.17, 15) is 8.42 Å². The summed E-state index contributed by atoms with van der Waals surface area (Å²) in [6.07, 6.45) is 0. The molecule has 0 amide bonds. The molecule has 0 saturated carbocycles. The number of sulfone groups is 1. The zero-order valence-electron chi connectivity index (χ0n) is 16.3. The van der Waals surface area contributed by atoms with Crippen LogP contribution in [-0.4, -0.2) is 35.8 Å². The normalized spacial score (nSPS) is 12.0. The quantitative estimate of drug-likeness (QED) is 0.428. The standard InChI is InChI=1S/C23H19N3O3S/c1-29-16-11-12-21-18(15-16)22-23(25-20-10-6-5-9-19(20)24-22)26(21)13-14-30(27,28)17-7-3-2-4-8-17/h2-12,15H,13-14H2,1H3. The third-order valence-electron chi connectivity index (χ3n) is 5.24. The van der Waals surface area contributed by atoms with Gasteiger partial charge < -0.3 is 9.30 Å². The lowest BCUT2D eigenvalue weighted by Gasteiger charge is -2.09. The molecular formula is C23H19N3O3S. The molecule has 0 bridgehead atoms. The molecule has 0 aliphatic rings. The van der Waals surface area contributed by atoms with E-state index in [1.54, 1.807) is 37.4 Å². The van der Waals surface area contributed by atoms with Crippen LogP contribution >= 0.6 is 0 Å². The molecule has 0 radical (unpaired) electrons. The van der Waals surface area contributed by atoms with E-state index in [0.29, 0.717) is 16.3 Å². The number of aryl methyl sites for hydroxylation is 1. The molecular weight excluding hydrogens is 398 g/mol. The number of hydrogen-bond donors (Lipinski definition) is 0. The van der Waals surface area contributed by atoms with Crippen molar-refractivity contribution in [3.63, 3.8) is 0 Å². The van der Waals surface area contributed by atoms with Crippen LogP contribution in [0.25, 0.3) is 33.1 Å². The molecule has 0 atom stereocenters. The molecule has 5 rings (SSSR count). The van der Waals surface area contributed by atoms with Crippen LogP contribution in [0.2, 0.25) is 0 Å². The van der Waals surface area contributed by atoms with Gasteiger partial charge in [0.05, 0.1) is 34.3 Å². The van der Waals surface area contributed by atoms with Crippen LogP contribution in [0.5, 0.6) is 5.75 Å². The summed E-state index contributed by atoms with van der Waals surface area (Å²) < 4.78 is 33.0. The lowest BCUT2D eigenvalue weighted by Crippen LogP contribution is -2.13. The van der Waals surface area contributed by atoms with Gasteiger partial charge in [-0.2, -0.15) is 0 Å². The van der Waals surface area contributed by atoms with Crippen LogP contribution in [-0.2, 0) is 16.4 Å². The lowest BCUT2D eigenvalue weighted by atomic mass is 10.2. The largest absolute Gasteiger partial charge is 0.497 e. The minimum Gasteiger partial charge on any atom is -0.497 e. The number of benzene rings is 3. The fourth-order valence-electron chi connectivity index (χ4n) is 3.72. The molecule has 5 aromatic rings. The highest BCUT2D eigenvalue weighted by atomic mass is 32.2. The number of para-hydroxylation sites is 2. The zero-order chi connectivity index (χ0) is 20.7. The minimum atomic E-state index is -3.42. The number of methoxy groups -OCH3 is 1. The Bertz CT molecular complexity index is 1490. The van der Waals surface area contributed by atoms with Crippen LogP contribution in [0.4, 0.5) is 0 Å². The molecule has 30 heavy (non-hydrogen) atoms. The SMILES string of the molecule is COc1ccc2c(c1)c1nc3ccccc3nc1n2CCS(=O)(=O)c1ccccc1. The second-order valence-corrected chi connectivity index (χ2v) is 9.16. The Morgan fingerprint density at radius 2 is 1.60 bits per heavy atom. The van der Waals surface area contributed by atoms with Gasteiger partial charge >= 0.3 is 0 Å². The average molecular weight is 417 g/mol. The topological polar surface area (TPSA) is 74.1 Å². The van der Waals surface area contributed by atoms with Crippen LogP contribution in [0.15, 0.2) is 77.7 Å². The lowest BCUT2D eigenvalue weighted by molar-refractivity contribution is 0.415. The first-order valence-electron chi connectivity index (χ1n) is 9.57. The van der Waals surface area contributed by atoms with Gasteiger partial charge in [-0.05, 0) is 42.5 Å². The fourth-order valence-corrected chi connectivity index (χ4v) is 4.95. The molecule has 3 aromatic carbocycles. The summed E-state index contributed by atoms with van der Waals surface area (Å²) in [5, 5.41) is 0.889. The second kappa shape index (κ2) is 7.11. The van der Waals surface area contributed by atoms with Gasteiger partial charge in [0.1, 0.15) is 11.3 Å². The van der Waals surface area contributed by atoms with Gasteiger partial charge in [0.2, 0.25) is 0 Å². The van der Waals surface area contributed by atoms with Crippen molar-refractivity contribution < 1.29 is 13.2 Å². The van der Waals surface area contributed by atoms with Gasteiger partial charge in [-0.25, -0.2) is 18.4 Å². The highest BCUT2D eigenvalue weighted by molar-refractivity contribution is 7.91. The predicted molar refractivity (Wildman–Crippen MR) is 118 cm³/mol. The van der Waals surface area contributed by atoms with Crippen molar-refractivity contribution in [3.05, 3.63) is 72.8 Å². The average Bonchev–Trinajstić information content (AvgIpc) is 3.08. The Hall–Kier alpha value is -3.45. The Morgan fingerprint density at radius 1 is 0.900 bits per heavy atom. The van der Waals surface area contributed by atoms with Crippen molar-refractivity contribution in [2.75, 3.05) is 12.9 Å². The number of nitrogens with zero attached hydrogens (tertiary/aromatic N) is 3. The van der Waals surface area contributed by atoms with Crippen molar-refractivity contribution in [1.82, 2.24) is 14.5 Å². The van der Waals surface area contributed by atoms with Crippen molar-refractivity contribution in [3.8, 4) is 5.75 Å². The summed E-state index contributed by atoms with van der Waals surface area (Å²) in [5.74, 6) is 0.685. The summed E-state index contributed by atoms with van der Waals surface area (Å²) in [7, 11) is -1.80. The Labute approximate surface area is 173 Å². The maximum Gasteiger partial charge on any atom is 0.180 e. The molecule has 0 fully saturated rings. The first-order chi connectivity index (χ1) is 14.6. The van der Waals surface area contributed by atoms with E-state index in [4.69, 9.17) is 14.7 Å². The predicted octanol–water partition coefficient (Wildman–Crippen LogP) is 4.22. The van der Waals surface area contributed by atoms with Crippen molar-refractivity contribution >= 4 is 42.9 Å². The van der Waals surface area contributed by atoms with E-state index in [1.807, 2.05) is 47.0 Å². The first kappa shape index (κ1) is 18.6. The molecule has 6 nitrogen and oxygen atoms in total. The monoisotopic (exact) mass is 417 g/mol. The molecule has 0 saturated heterocycles. The number of rotatable bonds is 5. The Kier molecular flexibility index (Phi) is 4.40.